The molecule has 5 heteroatoms. The minimum atomic E-state index is -1.17. The van der Waals surface area contributed by atoms with E-state index in [4.69, 9.17) is 15.9 Å². The molecule has 0 aliphatic heterocycles. The van der Waals surface area contributed by atoms with Crippen molar-refractivity contribution in [2.75, 3.05) is 0 Å². The topological polar surface area (TPSA) is 101 Å². The standard InChI is InChI=1S/C10H15NO4/c11-10(9(14)15)6-1-2-7(10)4-5(3-6)8(12)13/h5-7H,1-4,11H2,(H,12,13)(H,14,15)/t5?,6-,7-,10?/m1/s1. The summed E-state index contributed by atoms with van der Waals surface area (Å²) in [5.41, 5.74) is 4.75. The van der Waals surface area contributed by atoms with Crippen molar-refractivity contribution in [1.82, 2.24) is 0 Å². The van der Waals surface area contributed by atoms with E-state index in [0.717, 1.165) is 12.8 Å². The summed E-state index contributed by atoms with van der Waals surface area (Å²) >= 11 is 0. The van der Waals surface area contributed by atoms with Crippen molar-refractivity contribution in [3.63, 3.8) is 0 Å². The first-order valence-electron chi connectivity index (χ1n) is 5.21. The Morgan fingerprint density at radius 1 is 1.13 bits per heavy atom. The van der Waals surface area contributed by atoms with Crippen LogP contribution in [0.25, 0.3) is 0 Å². The molecule has 0 unspecified atom stereocenters. The zero-order valence-corrected chi connectivity index (χ0v) is 8.35. The van der Waals surface area contributed by atoms with E-state index in [9.17, 15) is 9.59 Å². The summed E-state index contributed by atoms with van der Waals surface area (Å²) in [5.74, 6) is -2.54. The van der Waals surface area contributed by atoms with Gasteiger partial charge in [0.1, 0.15) is 5.54 Å². The van der Waals surface area contributed by atoms with E-state index in [1.165, 1.54) is 0 Å². The third kappa shape index (κ3) is 1.33. The van der Waals surface area contributed by atoms with Gasteiger partial charge in [-0.3, -0.25) is 9.59 Å². The van der Waals surface area contributed by atoms with E-state index in [-0.39, 0.29) is 11.8 Å². The predicted octanol–water partition coefficient (Wildman–Crippen LogP) is 0.289. The molecule has 0 aromatic rings. The Balaban J connectivity index is 2.24. The molecule has 2 atom stereocenters. The van der Waals surface area contributed by atoms with Crippen LogP contribution in [-0.4, -0.2) is 27.7 Å². The Morgan fingerprint density at radius 3 is 1.93 bits per heavy atom. The van der Waals surface area contributed by atoms with Gasteiger partial charge in [0.25, 0.3) is 0 Å². The molecule has 2 aliphatic carbocycles. The van der Waals surface area contributed by atoms with Gasteiger partial charge in [0.15, 0.2) is 0 Å². The predicted molar refractivity (Wildman–Crippen MR) is 51.1 cm³/mol. The van der Waals surface area contributed by atoms with Crippen LogP contribution in [0.4, 0.5) is 0 Å². The van der Waals surface area contributed by atoms with E-state index >= 15 is 0 Å². The van der Waals surface area contributed by atoms with Crippen LogP contribution in [0.1, 0.15) is 25.7 Å². The number of carboxylic acid groups (broad SMARTS) is 2. The first kappa shape index (κ1) is 10.4. The van der Waals surface area contributed by atoms with Gasteiger partial charge in [-0.15, -0.1) is 0 Å². The van der Waals surface area contributed by atoms with E-state index in [0.29, 0.717) is 12.8 Å². The molecular formula is C10H15NO4. The van der Waals surface area contributed by atoms with Gasteiger partial charge in [-0.2, -0.15) is 0 Å². The van der Waals surface area contributed by atoms with Crippen molar-refractivity contribution in [3.05, 3.63) is 0 Å². The van der Waals surface area contributed by atoms with E-state index < -0.39 is 23.4 Å². The Hall–Kier alpha value is -1.10. The molecule has 0 heterocycles. The quantitative estimate of drug-likeness (QED) is 0.612. The lowest BCUT2D eigenvalue weighted by molar-refractivity contribution is -0.153. The fourth-order valence-electron chi connectivity index (χ4n) is 3.17. The molecule has 4 N–H and O–H groups in total. The number of carboxylic acids is 2. The van der Waals surface area contributed by atoms with Gasteiger partial charge in [0.05, 0.1) is 5.92 Å². The van der Waals surface area contributed by atoms with Crippen LogP contribution in [0, 0.1) is 17.8 Å². The molecule has 0 radical (unpaired) electrons. The number of hydrogen-bond donors (Lipinski definition) is 3. The van der Waals surface area contributed by atoms with E-state index in [1.54, 1.807) is 0 Å². The average molecular weight is 213 g/mol. The molecule has 0 spiro atoms. The zero-order chi connectivity index (χ0) is 11.2. The number of fused-ring (bicyclic) bond motifs is 2. The highest BCUT2D eigenvalue weighted by atomic mass is 16.4. The highest BCUT2D eigenvalue weighted by Crippen LogP contribution is 2.50. The third-order valence-corrected chi connectivity index (χ3v) is 4.07. The van der Waals surface area contributed by atoms with Gasteiger partial charge in [-0.05, 0) is 37.5 Å². The minimum Gasteiger partial charge on any atom is -0.481 e. The first-order chi connectivity index (χ1) is 6.96. The van der Waals surface area contributed by atoms with Gasteiger partial charge in [0.2, 0.25) is 0 Å². The number of carbonyl (C=O) groups is 2. The van der Waals surface area contributed by atoms with Crippen LogP contribution in [0.15, 0.2) is 0 Å². The van der Waals surface area contributed by atoms with E-state index in [2.05, 4.69) is 0 Å². The molecule has 2 saturated carbocycles. The summed E-state index contributed by atoms with van der Waals surface area (Å²) in [6, 6.07) is 0. The van der Waals surface area contributed by atoms with Gasteiger partial charge >= 0.3 is 11.9 Å². The maximum absolute atomic E-state index is 11.1. The van der Waals surface area contributed by atoms with Crippen LogP contribution in [0.2, 0.25) is 0 Å². The summed E-state index contributed by atoms with van der Waals surface area (Å²) < 4.78 is 0. The maximum Gasteiger partial charge on any atom is 0.324 e. The van der Waals surface area contributed by atoms with Crippen molar-refractivity contribution >= 4 is 11.9 Å². The lowest BCUT2D eigenvalue weighted by atomic mass is 9.68. The molecule has 15 heavy (non-hydrogen) atoms. The van der Waals surface area contributed by atoms with Crippen LogP contribution in [0.3, 0.4) is 0 Å². The normalized spacial score (nSPS) is 43.9. The van der Waals surface area contributed by atoms with Crippen molar-refractivity contribution in [2.45, 2.75) is 31.2 Å². The molecule has 84 valence electrons. The van der Waals surface area contributed by atoms with Crippen LogP contribution >= 0.6 is 0 Å². The smallest absolute Gasteiger partial charge is 0.324 e. The largest absolute Gasteiger partial charge is 0.481 e. The molecule has 2 rings (SSSR count). The Morgan fingerprint density at radius 2 is 1.60 bits per heavy atom. The zero-order valence-electron chi connectivity index (χ0n) is 8.35. The van der Waals surface area contributed by atoms with Crippen molar-refractivity contribution < 1.29 is 19.8 Å². The summed E-state index contributed by atoms with van der Waals surface area (Å²) in [4.78, 5) is 22.0. The molecule has 0 aromatic heterocycles. The summed E-state index contributed by atoms with van der Waals surface area (Å²) in [6.45, 7) is 0. The summed E-state index contributed by atoms with van der Waals surface area (Å²) in [5, 5.41) is 18.1. The van der Waals surface area contributed by atoms with Crippen molar-refractivity contribution in [2.24, 2.45) is 23.5 Å². The summed E-state index contributed by atoms with van der Waals surface area (Å²) in [7, 11) is 0. The SMILES string of the molecule is NC1(C(=O)O)[C@@H]2CC[C@@H]1CC(C(=O)O)C2. The van der Waals surface area contributed by atoms with Crippen LogP contribution in [0.5, 0.6) is 0 Å². The minimum absolute atomic E-state index is 0.171. The van der Waals surface area contributed by atoms with Crippen molar-refractivity contribution in [1.29, 1.82) is 0 Å². The number of aliphatic carboxylic acids is 2. The van der Waals surface area contributed by atoms with Gasteiger partial charge in [0, 0.05) is 0 Å². The second-order valence-electron chi connectivity index (χ2n) is 4.72. The lowest BCUT2D eigenvalue weighted by Gasteiger charge is -2.39. The van der Waals surface area contributed by atoms with Gasteiger partial charge in [-0.25, -0.2) is 0 Å². The van der Waals surface area contributed by atoms with Gasteiger partial charge in [-0.1, -0.05) is 0 Å². The summed E-state index contributed by atoms with van der Waals surface area (Å²) in [6.07, 6.45) is 2.32. The highest BCUT2D eigenvalue weighted by molar-refractivity contribution is 5.81. The number of nitrogens with two attached hydrogens (primary N) is 1. The molecule has 2 bridgehead atoms. The van der Waals surface area contributed by atoms with E-state index in [1.807, 2.05) is 0 Å². The Kier molecular flexibility index (Phi) is 2.22. The van der Waals surface area contributed by atoms with Crippen LogP contribution < -0.4 is 5.73 Å². The Bertz CT molecular complexity index is 301. The highest BCUT2D eigenvalue weighted by Gasteiger charge is 2.57. The molecule has 2 fully saturated rings. The third-order valence-electron chi connectivity index (χ3n) is 4.07. The van der Waals surface area contributed by atoms with Crippen LogP contribution in [-0.2, 0) is 9.59 Å². The molecule has 0 saturated heterocycles. The molecule has 0 amide bonds. The fraction of sp³-hybridized carbons (Fsp3) is 0.800. The maximum atomic E-state index is 11.1. The first-order valence-corrected chi connectivity index (χ1v) is 5.21. The number of rotatable bonds is 2. The molecule has 0 aromatic carbocycles. The molecular weight excluding hydrogens is 198 g/mol. The molecule has 2 aliphatic rings. The second-order valence-corrected chi connectivity index (χ2v) is 4.72. The van der Waals surface area contributed by atoms with Crippen molar-refractivity contribution in [3.8, 4) is 0 Å². The fourth-order valence-corrected chi connectivity index (χ4v) is 3.17. The molecule has 5 nitrogen and oxygen atoms in total. The van der Waals surface area contributed by atoms with Gasteiger partial charge < -0.3 is 15.9 Å². The Labute approximate surface area is 87.3 Å². The number of hydrogen-bond acceptors (Lipinski definition) is 3. The monoisotopic (exact) mass is 213 g/mol. The lowest BCUT2D eigenvalue weighted by Crippen LogP contribution is -2.59. The average Bonchev–Trinajstić information content (AvgIpc) is 2.39. The second kappa shape index (κ2) is 3.20.